The van der Waals surface area contributed by atoms with Gasteiger partial charge in [-0.15, -0.1) is 0 Å². The van der Waals surface area contributed by atoms with E-state index in [1.165, 1.54) is 19.9 Å². The van der Waals surface area contributed by atoms with Gasteiger partial charge in [-0.2, -0.15) is 0 Å². The average Bonchev–Trinajstić information content (AvgIpc) is 3.70. The van der Waals surface area contributed by atoms with Crippen molar-refractivity contribution in [1.29, 1.82) is 0 Å². The van der Waals surface area contributed by atoms with Gasteiger partial charge in [-0.05, 0) is 80.8 Å². The van der Waals surface area contributed by atoms with Crippen LogP contribution in [-0.2, 0) is 32.5 Å². The predicted octanol–water partition coefficient (Wildman–Crippen LogP) is 4.88. The van der Waals surface area contributed by atoms with Crippen molar-refractivity contribution in [2.75, 3.05) is 6.54 Å². The molecule has 1 saturated heterocycles. The molecule has 2 aliphatic carbocycles. The minimum absolute atomic E-state index is 0.0377. The maximum Gasteiger partial charge on any atom is 0.259 e. The van der Waals surface area contributed by atoms with E-state index >= 15 is 4.39 Å². The van der Waals surface area contributed by atoms with Crippen molar-refractivity contribution in [3.8, 4) is 16.9 Å². The molecule has 44 heavy (non-hydrogen) atoms. The molecule has 2 aromatic rings. The molecule has 2 saturated carbocycles. The molecule has 3 atom stereocenters. The maximum absolute atomic E-state index is 15.7. The average molecular weight is 632 g/mol. The smallest absolute Gasteiger partial charge is 0.259 e. The molecular formula is C33H43F2N3O5S. The zero-order valence-electron chi connectivity index (χ0n) is 25.7. The number of halogens is 2. The van der Waals surface area contributed by atoms with Gasteiger partial charge in [0.05, 0.1) is 11.7 Å². The molecule has 0 unspecified atom stereocenters. The molecule has 11 heteroatoms. The van der Waals surface area contributed by atoms with Crippen LogP contribution in [0.15, 0.2) is 36.4 Å². The van der Waals surface area contributed by atoms with Crippen molar-refractivity contribution in [1.82, 2.24) is 15.4 Å². The third kappa shape index (κ3) is 6.93. The molecule has 3 N–H and O–H groups in total. The second-order valence-electron chi connectivity index (χ2n) is 13.0. The number of carbonyl (C=O) groups excluding carboxylic acids is 2. The first kappa shape index (κ1) is 32.3. The Morgan fingerprint density at radius 3 is 2.57 bits per heavy atom. The summed E-state index contributed by atoms with van der Waals surface area (Å²) in [7, 11) is -3.78. The Labute approximate surface area is 258 Å². The van der Waals surface area contributed by atoms with Gasteiger partial charge in [-0.1, -0.05) is 38.0 Å². The van der Waals surface area contributed by atoms with Crippen molar-refractivity contribution in [2.45, 2.75) is 114 Å². The molecule has 3 aliphatic rings. The minimum atomic E-state index is -3.78. The van der Waals surface area contributed by atoms with Crippen molar-refractivity contribution in [3.63, 3.8) is 0 Å². The van der Waals surface area contributed by atoms with Crippen LogP contribution < -0.4 is 20.1 Å². The molecule has 8 nitrogen and oxygen atoms in total. The van der Waals surface area contributed by atoms with Crippen LogP contribution >= 0.6 is 0 Å². The molecule has 2 aromatic carbocycles. The van der Waals surface area contributed by atoms with Gasteiger partial charge >= 0.3 is 0 Å². The van der Waals surface area contributed by atoms with E-state index in [0.29, 0.717) is 53.7 Å². The topological polar surface area (TPSA) is 114 Å². The highest BCUT2D eigenvalue weighted by atomic mass is 32.2. The fourth-order valence-corrected chi connectivity index (χ4v) is 7.52. The summed E-state index contributed by atoms with van der Waals surface area (Å²) in [6.07, 6.45) is 5.89. The Morgan fingerprint density at radius 1 is 1.11 bits per heavy atom. The Balaban J connectivity index is 1.31. The Kier molecular flexibility index (Phi) is 9.37. The van der Waals surface area contributed by atoms with Crippen molar-refractivity contribution < 1.29 is 31.5 Å². The number of nitrogens with one attached hydrogen (secondary N) is 3. The highest BCUT2D eigenvalue weighted by Gasteiger charge is 2.54. The number of sulfonamides is 1. The summed E-state index contributed by atoms with van der Waals surface area (Å²) in [5.74, 6) is -1.09. The Morgan fingerprint density at radius 2 is 1.86 bits per heavy atom. The summed E-state index contributed by atoms with van der Waals surface area (Å²) in [6, 6.07) is 9.72. The van der Waals surface area contributed by atoms with Gasteiger partial charge in [0.25, 0.3) is 5.91 Å². The second-order valence-corrected chi connectivity index (χ2v) is 15.2. The first-order valence-corrected chi connectivity index (χ1v) is 17.2. The van der Waals surface area contributed by atoms with E-state index in [4.69, 9.17) is 4.74 Å². The number of hydrogen-bond acceptors (Lipinski definition) is 6. The zero-order valence-corrected chi connectivity index (χ0v) is 26.5. The highest BCUT2D eigenvalue weighted by molar-refractivity contribution is 7.90. The second kappa shape index (κ2) is 12.7. The predicted molar refractivity (Wildman–Crippen MR) is 165 cm³/mol. The number of alkyl halides is 1. The number of rotatable bonds is 10. The molecule has 1 heterocycles. The first-order valence-electron chi connectivity index (χ1n) is 15.7. The van der Waals surface area contributed by atoms with Crippen molar-refractivity contribution in [2.24, 2.45) is 0 Å². The van der Waals surface area contributed by atoms with Crippen LogP contribution in [0.25, 0.3) is 11.1 Å². The number of amides is 2. The van der Waals surface area contributed by atoms with Gasteiger partial charge in [0, 0.05) is 36.5 Å². The van der Waals surface area contributed by atoms with E-state index in [-0.39, 0.29) is 42.9 Å². The zero-order chi connectivity index (χ0) is 31.7. The summed E-state index contributed by atoms with van der Waals surface area (Å²) in [4.78, 5) is 25.6. The van der Waals surface area contributed by atoms with Gasteiger partial charge in [0.1, 0.15) is 17.7 Å². The Hall–Kier alpha value is -3.05. The van der Waals surface area contributed by atoms with Gasteiger partial charge in [-0.25, -0.2) is 17.2 Å². The van der Waals surface area contributed by atoms with E-state index in [9.17, 15) is 22.4 Å². The van der Waals surface area contributed by atoms with Gasteiger partial charge in [-0.3, -0.25) is 14.3 Å². The van der Waals surface area contributed by atoms with Crippen LogP contribution in [0.4, 0.5) is 8.78 Å². The molecule has 0 aromatic heterocycles. The minimum Gasteiger partial charge on any atom is -0.490 e. The van der Waals surface area contributed by atoms with Crippen LogP contribution in [0.1, 0.15) is 83.3 Å². The monoisotopic (exact) mass is 631 g/mol. The standard InChI is InChI=1S/C33H43F2N3O5S/c1-4-25-26(8-7-9-28(25)34)27-16-22(17-30(39)38-44(41,42)21(2)3)10-13-29(27)43-24-12-11-23(18-24)37-31(40)33(35)19-32(36-20-33)14-5-6-15-32/h7-10,13,16,21,23-24,36H,4-6,11-12,14-15,17-20H2,1-3H3,(H,37,40)(H,38,39)/t23-,24-,33+/m1/s1. The molecule has 0 bridgehead atoms. The van der Waals surface area contributed by atoms with Crippen LogP contribution in [0.5, 0.6) is 5.75 Å². The third-order valence-corrected chi connectivity index (χ3v) is 11.1. The molecule has 1 aliphatic heterocycles. The molecule has 3 fully saturated rings. The quantitative estimate of drug-likeness (QED) is 0.345. The van der Waals surface area contributed by atoms with Crippen LogP contribution in [0, 0.1) is 5.82 Å². The molecule has 2 amide bonds. The van der Waals surface area contributed by atoms with E-state index in [2.05, 4.69) is 15.4 Å². The van der Waals surface area contributed by atoms with Gasteiger partial charge < -0.3 is 15.4 Å². The Bertz CT molecular complexity index is 1510. The number of hydrogen-bond donors (Lipinski definition) is 3. The lowest BCUT2D eigenvalue weighted by atomic mass is 9.89. The lowest BCUT2D eigenvalue weighted by Crippen LogP contribution is -2.48. The van der Waals surface area contributed by atoms with E-state index < -0.39 is 32.8 Å². The summed E-state index contributed by atoms with van der Waals surface area (Å²) >= 11 is 0. The molecule has 5 rings (SSSR count). The van der Waals surface area contributed by atoms with Crippen molar-refractivity contribution >= 4 is 21.8 Å². The normalized spacial score (nSPS) is 24.6. The maximum atomic E-state index is 15.7. The highest BCUT2D eigenvalue weighted by Crippen LogP contribution is 2.42. The summed E-state index contributed by atoms with van der Waals surface area (Å²) in [6.45, 7) is 4.87. The van der Waals surface area contributed by atoms with Gasteiger partial charge in [0.2, 0.25) is 21.6 Å². The first-order chi connectivity index (χ1) is 20.8. The molecule has 240 valence electrons. The fraction of sp³-hybridized carbons (Fsp3) is 0.576. The summed E-state index contributed by atoms with van der Waals surface area (Å²) in [5.41, 5.74) is 0.0829. The van der Waals surface area contributed by atoms with Gasteiger partial charge in [0.15, 0.2) is 0 Å². The molecule has 1 spiro atoms. The summed E-state index contributed by atoms with van der Waals surface area (Å²) < 4.78 is 63.4. The van der Waals surface area contributed by atoms with E-state index in [1.807, 2.05) is 6.92 Å². The largest absolute Gasteiger partial charge is 0.490 e. The van der Waals surface area contributed by atoms with Crippen molar-refractivity contribution in [3.05, 3.63) is 53.3 Å². The number of carbonyl (C=O) groups is 2. The van der Waals surface area contributed by atoms with Crippen LogP contribution in [0.2, 0.25) is 0 Å². The third-order valence-electron chi connectivity index (χ3n) is 9.39. The van der Waals surface area contributed by atoms with Crippen LogP contribution in [-0.4, -0.2) is 55.4 Å². The number of benzene rings is 2. The molecular weight excluding hydrogens is 588 g/mol. The fourth-order valence-electron chi connectivity index (χ4n) is 6.90. The lowest BCUT2D eigenvalue weighted by Gasteiger charge is -2.25. The number of ether oxygens (including phenoxy) is 1. The van der Waals surface area contributed by atoms with E-state index in [1.54, 1.807) is 30.3 Å². The van der Waals surface area contributed by atoms with Crippen LogP contribution in [0.3, 0.4) is 0 Å². The molecule has 0 radical (unpaired) electrons. The SMILES string of the molecule is CCc1c(F)cccc1-c1cc(CC(=O)NS(=O)(=O)C(C)C)ccc1O[C@@H]1CC[C@@H](NC(=O)[C@@]2(F)CNC3(CCCC3)C2)C1. The van der Waals surface area contributed by atoms with E-state index in [0.717, 1.165) is 25.7 Å². The summed E-state index contributed by atoms with van der Waals surface area (Å²) in [5, 5.41) is 5.47. The lowest BCUT2D eigenvalue weighted by molar-refractivity contribution is -0.132.